The van der Waals surface area contributed by atoms with E-state index in [-0.39, 0.29) is 24.0 Å². The van der Waals surface area contributed by atoms with E-state index in [9.17, 15) is 4.79 Å². The summed E-state index contributed by atoms with van der Waals surface area (Å²) in [6.07, 6.45) is 3.61. The predicted octanol–water partition coefficient (Wildman–Crippen LogP) is 3.47. The van der Waals surface area contributed by atoms with Gasteiger partial charge in [0.15, 0.2) is 5.96 Å². The summed E-state index contributed by atoms with van der Waals surface area (Å²) in [6.45, 7) is 9.20. The van der Waals surface area contributed by atoms with Gasteiger partial charge in [-0.05, 0) is 44.7 Å². The zero-order valence-electron chi connectivity index (χ0n) is 17.6. The van der Waals surface area contributed by atoms with Crippen molar-refractivity contribution in [3.8, 4) is 5.75 Å². The van der Waals surface area contributed by atoms with Crippen LogP contribution in [0.4, 0.5) is 0 Å². The predicted molar refractivity (Wildman–Crippen MR) is 126 cm³/mol. The number of halogens is 1. The molecule has 1 amide bonds. The summed E-state index contributed by atoms with van der Waals surface area (Å²) in [4.78, 5) is 18.3. The lowest BCUT2D eigenvalue weighted by molar-refractivity contribution is -0.129. The first-order chi connectivity index (χ1) is 13.1. The molecule has 1 aliphatic heterocycles. The van der Waals surface area contributed by atoms with E-state index in [0.717, 1.165) is 49.6 Å². The molecule has 7 heteroatoms. The number of carbonyl (C=O) groups excluding carboxylic acids is 1. The van der Waals surface area contributed by atoms with Crippen molar-refractivity contribution in [3.63, 3.8) is 0 Å². The molecule has 1 aromatic rings. The first-order valence-corrected chi connectivity index (χ1v) is 10.0. The highest BCUT2D eigenvalue weighted by molar-refractivity contribution is 14.0. The van der Waals surface area contributed by atoms with E-state index in [4.69, 9.17) is 4.74 Å². The van der Waals surface area contributed by atoms with Gasteiger partial charge in [-0.25, -0.2) is 0 Å². The molecule has 1 aromatic carbocycles. The number of nitrogens with one attached hydrogen (secondary N) is 2. The molecule has 1 fully saturated rings. The Kier molecular flexibility index (Phi) is 11.3. The molecular formula is C21H35IN4O2. The van der Waals surface area contributed by atoms with E-state index >= 15 is 0 Å². The fraction of sp³-hybridized carbons (Fsp3) is 0.619. The van der Waals surface area contributed by atoms with Crippen molar-refractivity contribution in [2.24, 2.45) is 4.99 Å². The highest BCUT2D eigenvalue weighted by atomic mass is 127. The first-order valence-electron chi connectivity index (χ1n) is 10.0. The SMILES string of the molecule is CCOc1cc(C)ccc1CNC(=NC)NCCC(CC)N1CCCC1=O.I. The van der Waals surface area contributed by atoms with E-state index in [1.54, 1.807) is 7.05 Å². The number of hydrogen-bond donors (Lipinski definition) is 2. The molecule has 0 saturated carbocycles. The lowest BCUT2D eigenvalue weighted by Gasteiger charge is -2.27. The summed E-state index contributed by atoms with van der Waals surface area (Å²) in [5.74, 6) is 1.98. The number of rotatable bonds is 9. The molecule has 1 saturated heterocycles. The van der Waals surface area contributed by atoms with Crippen LogP contribution in [0.2, 0.25) is 0 Å². The fourth-order valence-corrected chi connectivity index (χ4v) is 3.49. The molecule has 0 radical (unpaired) electrons. The maximum absolute atomic E-state index is 12.0. The Morgan fingerprint density at radius 3 is 2.71 bits per heavy atom. The number of aryl methyl sites for hydroxylation is 1. The van der Waals surface area contributed by atoms with Gasteiger partial charge in [0.05, 0.1) is 6.61 Å². The van der Waals surface area contributed by atoms with Gasteiger partial charge in [0.25, 0.3) is 0 Å². The molecule has 158 valence electrons. The van der Waals surface area contributed by atoms with Gasteiger partial charge in [-0.2, -0.15) is 0 Å². The Morgan fingerprint density at radius 2 is 2.11 bits per heavy atom. The molecule has 28 heavy (non-hydrogen) atoms. The number of amides is 1. The topological polar surface area (TPSA) is 66.0 Å². The summed E-state index contributed by atoms with van der Waals surface area (Å²) < 4.78 is 5.74. The van der Waals surface area contributed by atoms with Gasteiger partial charge in [0.1, 0.15) is 5.75 Å². The molecule has 2 N–H and O–H groups in total. The van der Waals surface area contributed by atoms with Gasteiger partial charge in [-0.1, -0.05) is 19.1 Å². The Hall–Kier alpha value is -1.51. The zero-order valence-corrected chi connectivity index (χ0v) is 19.9. The standard InChI is InChI=1S/C21H34N4O2.HI/c1-5-18(25-13-7-8-20(25)26)11-12-23-21(22-4)24-15-17-10-9-16(3)14-19(17)27-6-2;/h9-10,14,18H,5-8,11-13,15H2,1-4H3,(H2,22,23,24);1H. The molecule has 0 spiro atoms. The van der Waals surface area contributed by atoms with Crippen molar-refractivity contribution in [1.29, 1.82) is 0 Å². The van der Waals surface area contributed by atoms with E-state index in [0.29, 0.717) is 31.5 Å². The van der Waals surface area contributed by atoms with Crippen molar-refractivity contribution < 1.29 is 9.53 Å². The molecular weight excluding hydrogens is 467 g/mol. The second kappa shape index (κ2) is 12.9. The second-order valence-corrected chi connectivity index (χ2v) is 6.94. The van der Waals surface area contributed by atoms with E-state index < -0.39 is 0 Å². The minimum absolute atomic E-state index is 0. The average molecular weight is 502 g/mol. The van der Waals surface area contributed by atoms with Crippen LogP contribution in [0.3, 0.4) is 0 Å². The van der Waals surface area contributed by atoms with Gasteiger partial charge in [0.2, 0.25) is 5.91 Å². The molecule has 0 bridgehead atoms. The van der Waals surface area contributed by atoms with Crippen molar-refractivity contribution in [3.05, 3.63) is 29.3 Å². The molecule has 1 aliphatic rings. The van der Waals surface area contributed by atoms with Gasteiger partial charge in [-0.3, -0.25) is 9.79 Å². The Morgan fingerprint density at radius 1 is 1.32 bits per heavy atom. The maximum atomic E-state index is 12.0. The largest absolute Gasteiger partial charge is 0.494 e. The number of nitrogens with zero attached hydrogens (tertiary/aromatic N) is 2. The molecule has 0 aromatic heterocycles. The average Bonchev–Trinajstić information content (AvgIpc) is 3.08. The summed E-state index contributed by atoms with van der Waals surface area (Å²) >= 11 is 0. The van der Waals surface area contributed by atoms with E-state index in [1.165, 1.54) is 5.56 Å². The van der Waals surface area contributed by atoms with Crippen LogP contribution in [-0.4, -0.2) is 49.6 Å². The van der Waals surface area contributed by atoms with Crippen molar-refractivity contribution in [2.75, 3.05) is 26.7 Å². The number of likely N-dealkylation sites (tertiary alicyclic amines) is 1. The first kappa shape index (κ1) is 24.5. The van der Waals surface area contributed by atoms with Crippen LogP contribution in [0, 0.1) is 6.92 Å². The number of carbonyl (C=O) groups is 1. The van der Waals surface area contributed by atoms with Crippen LogP contribution < -0.4 is 15.4 Å². The molecule has 2 rings (SSSR count). The maximum Gasteiger partial charge on any atom is 0.222 e. The van der Waals surface area contributed by atoms with Crippen LogP contribution in [-0.2, 0) is 11.3 Å². The molecule has 1 atom stereocenters. The number of aliphatic imine (C=N–C) groups is 1. The second-order valence-electron chi connectivity index (χ2n) is 6.94. The third kappa shape index (κ3) is 7.14. The minimum atomic E-state index is 0. The highest BCUT2D eigenvalue weighted by Crippen LogP contribution is 2.20. The van der Waals surface area contributed by atoms with Gasteiger partial charge in [-0.15, -0.1) is 24.0 Å². The number of benzene rings is 1. The van der Waals surface area contributed by atoms with Gasteiger partial charge < -0.3 is 20.3 Å². The Balaban J connectivity index is 0.00000392. The molecule has 6 nitrogen and oxygen atoms in total. The summed E-state index contributed by atoms with van der Waals surface area (Å²) in [5, 5.41) is 6.72. The summed E-state index contributed by atoms with van der Waals surface area (Å²) in [7, 11) is 1.77. The van der Waals surface area contributed by atoms with E-state index in [1.807, 2.05) is 11.8 Å². The third-order valence-electron chi connectivity index (χ3n) is 4.98. The zero-order chi connectivity index (χ0) is 19.6. The Labute approximate surface area is 186 Å². The summed E-state index contributed by atoms with van der Waals surface area (Å²) in [5.41, 5.74) is 2.30. The van der Waals surface area contributed by atoms with Gasteiger partial charge in [0, 0.05) is 44.7 Å². The lowest BCUT2D eigenvalue weighted by atomic mass is 10.1. The smallest absolute Gasteiger partial charge is 0.222 e. The quantitative estimate of drug-likeness (QED) is 0.309. The van der Waals surface area contributed by atoms with Crippen LogP contribution >= 0.6 is 24.0 Å². The van der Waals surface area contributed by atoms with Crippen molar-refractivity contribution in [1.82, 2.24) is 15.5 Å². The monoisotopic (exact) mass is 502 g/mol. The fourth-order valence-electron chi connectivity index (χ4n) is 3.49. The van der Waals surface area contributed by atoms with Crippen LogP contribution in [0.15, 0.2) is 23.2 Å². The van der Waals surface area contributed by atoms with Crippen molar-refractivity contribution >= 4 is 35.8 Å². The number of hydrogen-bond acceptors (Lipinski definition) is 3. The lowest BCUT2D eigenvalue weighted by Crippen LogP contribution is -2.41. The summed E-state index contributed by atoms with van der Waals surface area (Å²) in [6, 6.07) is 6.56. The van der Waals surface area contributed by atoms with Crippen LogP contribution in [0.1, 0.15) is 50.7 Å². The van der Waals surface area contributed by atoms with E-state index in [2.05, 4.69) is 47.7 Å². The molecule has 1 unspecified atom stereocenters. The van der Waals surface area contributed by atoms with Crippen LogP contribution in [0.25, 0.3) is 0 Å². The molecule has 0 aliphatic carbocycles. The van der Waals surface area contributed by atoms with Crippen LogP contribution in [0.5, 0.6) is 5.75 Å². The molecule has 1 heterocycles. The number of guanidine groups is 1. The highest BCUT2D eigenvalue weighted by Gasteiger charge is 2.26. The third-order valence-corrected chi connectivity index (χ3v) is 4.98. The Bertz CT molecular complexity index is 651. The van der Waals surface area contributed by atoms with Crippen molar-refractivity contribution in [2.45, 2.75) is 59.0 Å². The number of ether oxygens (including phenoxy) is 1. The minimum Gasteiger partial charge on any atom is -0.494 e. The normalized spacial score (nSPS) is 15.2. The van der Waals surface area contributed by atoms with Gasteiger partial charge >= 0.3 is 0 Å².